The Hall–Kier alpha value is -1.77. The lowest BCUT2D eigenvalue weighted by atomic mass is 10.1. The van der Waals surface area contributed by atoms with Crippen molar-refractivity contribution in [2.75, 3.05) is 7.11 Å². The first-order valence-electron chi connectivity index (χ1n) is 4.84. The molecule has 1 aromatic carbocycles. The van der Waals surface area contributed by atoms with Gasteiger partial charge >= 0.3 is 0 Å². The Bertz CT molecular complexity index is 474. The molecule has 0 amide bonds. The fourth-order valence-corrected chi connectivity index (χ4v) is 1.60. The molecule has 15 heavy (non-hydrogen) atoms. The van der Waals surface area contributed by atoms with Crippen LogP contribution in [-0.2, 0) is 7.05 Å². The molecule has 0 unspecified atom stereocenters. The van der Waals surface area contributed by atoms with Crippen molar-refractivity contribution >= 4 is 0 Å². The van der Waals surface area contributed by atoms with Gasteiger partial charge in [0.2, 0.25) is 0 Å². The van der Waals surface area contributed by atoms with E-state index in [1.54, 1.807) is 11.8 Å². The van der Waals surface area contributed by atoms with E-state index in [9.17, 15) is 0 Å². The van der Waals surface area contributed by atoms with E-state index >= 15 is 0 Å². The molecule has 1 heterocycles. The number of nitrogens with zero attached hydrogens (tertiary/aromatic N) is 2. The Kier molecular flexibility index (Phi) is 2.46. The summed E-state index contributed by atoms with van der Waals surface area (Å²) in [4.78, 5) is 0. The van der Waals surface area contributed by atoms with E-state index in [2.05, 4.69) is 24.2 Å². The molecule has 0 atom stereocenters. The smallest absolute Gasteiger partial charge is 0.127 e. The van der Waals surface area contributed by atoms with E-state index < -0.39 is 0 Å². The molecular formula is C12H14N2O. The lowest BCUT2D eigenvalue weighted by molar-refractivity contribution is 0.416. The zero-order valence-electron chi connectivity index (χ0n) is 9.19. The summed E-state index contributed by atoms with van der Waals surface area (Å²) < 4.78 is 7.14. The van der Waals surface area contributed by atoms with Crippen LogP contribution in [0.1, 0.15) is 5.56 Å². The quantitative estimate of drug-likeness (QED) is 0.747. The zero-order chi connectivity index (χ0) is 10.8. The second-order valence-corrected chi connectivity index (χ2v) is 3.61. The summed E-state index contributed by atoms with van der Waals surface area (Å²) in [6.07, 6.45) is 3.82. The van der Waals surface area contributed by atoms with Gasteiger partial charge < -0.3 is 4.74 Å². The molecule has 2 rings (SSSR count). The van der Waals surface area contributed by atoms with E-state index in [0.717, 1.165) is 16.9 Å². The minimum atomic E-state index is 0.892. The molecule has 78 valence electrons. The Labute approximate surface area is 89.3 Å². The van der Waals surface area contributed by atoms with Gasteiger partial charge in [0.15, 0.2) is 0 Å². The summed E-state index contributed by atoms with van der Waals surface area (Å²) in [5.74, 6) is 0.892. The summed E-state index contributed by atoms with van der Waals surface area (Å²) in [6.45, 7) is 2.05. The second kappa shape index (κ2) is 3.77. The molecule has 0 aliphatic heterocycles. The topological polar surface area (TPSA) is 27.1 Å². The van der Waals surface area contributed by atoms with E-state index in [1.165, 1.54) is 5.56 Å². The summed E-state index contributed by atoms with van der Waals surface area (Å²) in [7, 11) is 3.60. The monoisotopic (exact) mass is 202 g/mol. The van der Waals surface area contributed by atoms with E-state index in [-0.39, 0.29) is 0 Å². The molecule has 1 aromatic heterocycles. The van der Waals surface area contributed by atoms with E-state index in [0.29, 0.717) is 0 Å². The molecule has 0 radical (unpaired) electrons. The third-order valence-corrected chi connectivity index (χ3v) is 2.37. The fraction of sp³-hybridized carbons (Fsp3) is 0.250. The fourth-order valence-electron chi connectivity index (χ4n) is 1.60. The summed E-state index contributed by atoms with van der Waals surface area (Å²) >= 11 is 0. The van der Waals surface area contributed by atoms with E-state index in [1.807, 2.05) is 25.5 Å². The Morgan fingerprint density at radius 3 is 2.73 bits per heavy atom. The number of hydrogen-bond donors (Lipinski definition) is 0. The van der Waals surface area contributed by atoms with E-state index in [4.69, 9.17) is 4.74 Å². The maximum atomic E-state index is 5.35. The SMILES string of the molecule is COc1cc(C)ccc1-c1cnn(C)c1. The predicted octanol–water partition coefficient (Wildman–Crippen LogP) is 2.40. The minimum absolute atomic E-state index is 0.892. The molecule has 0 bridgehead atoms. The first kappa shape index (κ1) is 9.77. The third-order valence-electron chi connectivity index (χ3n) is 2.37. The lowest BCUT2D eigenvalue weighted by Gasteiger charge is -2.07. The highest BCUT2D eigenvalue weighted by Gasteiger charge is 2.07. The van der Waals surface area contributed by atoms with Crippen LogP contribution in [0.2, 0.25) is 0 Å². The molecule has 3 nitrogen and oxygen atoms in total. The number of hydrogen-bond acceptors (Lipinski definition) is 2. The van der Waals surface area contributed by atoms with Crippen LogP contribution in [-0.4, -0.2) is 16.9 Å². The van der Waals surface area contributed by atoms with Crippen LogP contribution in [0, 0.1) is 6.92 Å². The van der Waals surface area contributed by atoms with Crippen molar-refractivity contribution in [1.29, 1.82) is 0 Å². The minimum Gasteiger partial charge on any atom is -0.496 e. The van der Waals surface area contributed by atoms with Gasteiger partial charge in [-0.3, -0.25) is 4.68 Å². The highest BCUT2D eigenvalue weighted by Crippen LogP contribution is 2.30. The van der Waals surface area contributed by atoms with Crippen LogP contribution >= 0.6 is 0 Å². The van der Waals surface area contributed by atoms with Crippen molar-refractivity contribution in [3.63, 3.8) is 0 Å². The van der Waals surface area contributed by atoms with Crippen molar-refractivity contribution in [3.8, 4) is 16.9 Å². The van der Waals surface area contributed by atoms with Gasteiger partial charge in [-0.15, -0.1) is 0 Å². The highest BCUT2D eigenvalue weighted by molar-refractivity contribution is 5.69. The molecule has 0 aliphatic carbocycles. The largest absolute Gasteiger partial charge is 0.496 e. The maximum absolute atomic E-state index is 5.35. The van der Waals surface area contributed by atoms with Gasteiger partial charge in [0.1, 0.15) is 5.75 Å². The number of aryl methyl sites for hydroxylation is 2. The van der Waals surface area contributed by atoms with Crippen molar-refractivity contribution in [2.24, 2.45) is 7.05 Å². The standard InChI is InChI=1S/C12H14N2O/c1-9-4-5-11(12(6-9)15-3)10-7-13-14(2)8-10/h4-8H,1-3H3. The van der Waals surface area contributed by atoms with Crippen molar-refractivity contribution < 1.29 is 4.74 Å². The summed E-state index contributed by atoms with van der Waals surface area (Å²) in [5.41, 5.74) is 3.35. The molecule has 0 aliphatic rings. The van der Waals surface area contributed by atoms with Crippen LogP contribution in [0.25, 0.3) is 11.1 Å². The van der Waals surface area contributed by atoms with Crippen LogP contribution in [0.15, 0.2) is 30.6 Å². The van der Waals surface area contributed by atoms with Crippen molar-refractivity contribution in [1.82, 2.24) is 9.78 Å². The van der Waals surface area contributed by atoms with Gasteiger partial charge in [-0.25, -0.2) is 0 Å². The molecule has 0 saturated carbocycles. The Morgan fingerprint density at radius 2 is 2.13 bits per heavy atom. The first-order chi connectivity index (χ1) is 7.20. The maximum Gasteiger partial charge on any atom is 0.127 e. The van der Waals surface area contributed by atoms with Crippen LogP contribution < -0.4 is 4.74 Å². The molecular weight excluding hydrogens is 188 g/mol. The lowest BCUT2D eigenvalue weighted by Crippen LogP contribution is -1.88. The number of methoxy groups -OCH3 is 1. The average molecular weight is 202 g/mol. The van der Waals surface area contributed by atoms with Crippen LogP contribution in [0.4, 0.5) is 0 Å². The number of ether oxygens (including phenoxy) is 1. The normalized spacial score (nSPS) is 10.3. The third kappa shape index (κ3) is 1.86. The second-order valence-electron chi connectivity index (χ2n) is 3.61. The predicted molar refractivity (Wildman–Crippen MR) is 59.9 cm³/mol. The van der Waals surface area contributed by atoms with Crippen molar-refractivity contribution in [3.05, 3.63) is 36.2 Å². The zero-order valence-corrected chi connectivity index (χ0v) is 9.19. The van der Waals surface area contributed by atoms with Gasteiger partial charge in [0, 0.05) is 24.4 Å². The highest BCUT2D eigenvalue weighted by atomic mass is 16.5. The summed E-state index contributed by atoms with van der Waals surface area (Å²) in [5, 5.41) is 4.15. The Balaban J connectivity index is 2.52. The molecule has 3 heteroatoms. The molecule has 0 fully saturated rings. The number of rotatable bonds is 2. The molecule has 2 aromatic rings. The molecule has 0 saturated heterocycles. The molecule has 0 spiro atoms. The first-order valence-corrected chi connectivity index (χ1v) is 4.84. The van der Waals surface area contributed by atoms with Gasteiger partial charge in [-0.2, -0.15) is 5.10 Å². The average Bonchev–Trinajstić information content (AvgIpc) is 2.64. The number of benzene rings is 1. The van der Waals surface area contributed by atoms with Gasteiger partial charge in [-0.1, -0.05) is 12.1 Å². The van der Waals surface area contributed by atoms with Gasteiger partial charge in [-0.05, 0) is 18.6 Å². The number of aromatic nitrogens is 2. The van der Waals surface area contributed by atoms with Gasteiger partial charge in [0.25, 0.3) is 0 Å². The molecule has 0 N–H and O–H groups in total. The van der Waals surface area contributed by atoms with Crippen LogP contribution in [0.5, 0.6) is 5.75 Å². The van der Waals surface area contributed by atoms with Crippen LogP contribution in [0.3, 0.4) is 0 Å². The van der Waals surface area contributed by atoms with Crippen molar-refractivity contribution in [2.45, 2.75) is 6.92 Å². The van der Waals surface area contributed by atoms with Gasteiger partial charge in [0.05, 0.1) is 13.3 Å². The Morgan fingerprint density at radius 1 is 1.33 bits per heavy atom. The summed E-state index contributed by atoms with van der Waals surface area (Å²) in [6, 6.07) is 6.17.